The number of nitrogens with one attached hydrogen (secondary N) is 1. The van der Waals surface area contributed by atoms with Crippen molar-refractivity contribution < 1.29 is 19.4 Å². The molecule has 1 aromatic carbocycles. The minimum Gasteiger partial charge on any atom is -0.545 e. The number of benzene rings is 1. The van der Waals surface area contributed by atoms with E-state index in [0.29, 0.717) is 70.2 Å². The largest absolute Gasteiger partial charge is 0.545 e. The highest BCUT2D eigenvalue weighted by Crippen LogP contribution is 2.23. The Hall–Kier alpha value is -2.98. The van der Waals surface area contributed by atoms with Gasteiger partial charge in [-0.05, 0) is 6.07 Å². The lowest BCUT2D eigenvalue weighted by Crippen LogP contribution is -2.40. The first-order valence-corrected chi connectivity index (χ1v) is 9.19. The van der Waals surface area contributed by atoms with Gasteiger partial charge in [0.25, 0.3) is 0 Å². The smallest absolute Gasteiger partial charge is 0.233 e. The number of carboxylic acids is 1. The zero-order valence-electron chi connectivity index (χ0n) is 15.3. The highest BCUT2D eigenvalue weighted by molar-refractivity contribution is 5.93. The predicted octanol–water partition coefficient (Wildman–Crippen LogP) is -0.348. The number of hydrogen-bond acceptors (Lipinski definition) is 10. The Morgan fingerprint density at radius 3 is 1.96 bits per heavy atom. The first-order chi connectivity index (χ1) is 13.7. The van der Waals surface area contributed by atoms with Crippen LogP contribution in [0.15, 0.2) is 24.3 Å². The van der Waals surface area contributed by atoms with Gasteiger partial charge >= 0.3 is 0 Å². The van der Waals surface area contributed by atoms with Crippen molar-refractivity contribution >= 4 is 29.5 Å². The molecule has 148 valence electrons. The quantitative estimate of drug-likeness (QED) is 0.732. The van der Waals surface area contributed by atoms with Gasteiger partial charge in [0.2, 0.25) is 17.8 Å². The topological polar surface area (TPSA) is 116 Å². The molecule has 28 heavy (non-hydrogen) atoms. The lowest BCUT2D eigenvalue weighted by atomic mass is 10.2. The maximum Gasteiger partial charge on any atom is 0.233 e. The maximum atomic E-state index is 11.4. The van der Waals surface area contributed by atoms with Crippen LogP contribution >= 0.6 is 0 Å². The van der Waals surface area contributed by atoms with Gasteiger partial charge in [-0.2, -0.15) is 15.0 Å². The standard InChI is InChI=1S/C18H22N6O4/c25-15(26)13-3-1-2-4-14(13)19-16-20-17(23-5-9-27-10-6-23)22-18(21-16)24-7-11-28-12-8-24/h1-4H,5-12H2,(H,25,26)(H,19,20,21,22)/p-1. The molecule has 2 fully saturated rings. The highest BCUT2D eigenvalue weighted by atomic mass is 16.5. The molecule has 0 aliphatic carbocycles. The van der Waals surface area contributed by atoms with Gasteiger partial charge in [-0.1, -0.05) is 18.2 Å². The Labute approximate surface area is 162 Å². The summed E-state index contributed by atoms with van der Waals surface area (Å²) in [6, 6.07) is 6.51. The fourth-order valence-corrected chi connectivity index (χ4v) is 3.11. The number of morpholine rings is 2. The van der Waals surface area contributed by atoms with Crippen molar-refractivity contribution in [2.75, 3.05) is 67.7 Å². The average Bonchev–Trinajstić information content (AvgIpc) is 2.75. The lowest BCUT2D eigenvalue weighted by Gasteiger charge is -2.30. The van der Waals surface area contributed by atoms with Gasteiger partial charge in [0.15, 0.2) is 0 Å². The number of aromatic carboxylic acids is 1. The summed E-state index contributed by atoms with van der Waals surface area (Å²) < 4.78 is 10.8. The molecule has 10 heteroatoms. The van der Waals surface area contributed by atoms with Gasteiger partial charge in [0, 0.05) is 37.4 Å². The van der Waals surface area contributed by atoms with Crippen molar-refractivity contribution in [1.29, 1.82) is 0 Å². The predicted molar refractivity (Wildman–Crippen MR) is 99.9 cm³/mol. The molecule has 0 saturated carbocycles. The molecule has 2 saturated heterocycles. The van der Waals surface area contributed by atoms with E-state index < -0.39 is 5.97 Å². The third-order valence-corrected chi connectivity index (χ3v) is 4.59. The van der Waals surface area contributed by atoms with Crippen LogP contribution in [0, 0.1) is 0 Å². The summed E-state index contributed by atoms with van der Waals surface area (Å²) in [6.07, 6.45) is 0. The molecule has 4 rings (SSSR count). The average molecular weight is 385 g/mol. The van der Waals surface area contributed by atoms with Crippen molar-refractivity contribution in [3.8, 4) is 0 Å². The minimum atomic E-state index is -1.26. The Balaban J connectivity index is 1.68. The summed E-state index contributed by atoms with van der Waals surface area (Å²) in [5.74, 6) is 0.0899. The van der Waals surface area contributed by atoms with Crippen LogP contribution < -0.4 is 20.2 Å². The summed E-state index contributed by atoms with van der Waals surface area (Å²) in [6.45, 7) is 5.15. The Morgan fingerprint density at radius 1 is 0.893 bits per heavy atom. The van der Waals surface area contributed by atoms with Crippen LogP contribution in [-0.4, -0.2) is 73.5 Å². The lowest BCUT2D eigenvalue weighted by molar-refractivity contribution is -0.254. The molecule has 2 aromatic rings. The zero-order chi connectivity index (χ0) is 19.3. The number of nitrogens with zero attached hydrogens (tertiary/aromatic N) is 5. The van der Waals surface area contributed by atoms with E-state index in [4.69, 9.17) is 9.47 Å². The number of carboxylic acid groups (broad SMARTS) is 1. The number of ether oxygens (including phenoxy) is 2. The second kappa shape index (κ2) is 8.36. The summed E-state index contributed by atoms with van der Waals surface area (Å²) in [5, 5.41) is 14.4. The SMILES string of the molecule is O=C([O-])c1ccccc1Nc1nc(N2CCOCC2)nc(N2CCOCC2)n1. The van der Waals surface area contributed by atoms with Crippen LogP contribution in [0.2, 0.25) is 0 Å². The van der Waals surface area contributed by atoms with E-state index in [9.17, 15) is 9.90 Å². The molecule has 10 nitrogen and oxygen atoms in total. The van der Waals surface area contributed by atoms with Crippen LogP contribution in [0.1, 0.15) is 10.4 Å². The Kier molecular flexibility index (Phi) is 5.49. The van der Waals surface area contributed by atoms with E-state index in [2.05, 4.69) is 20.3 Å². The van der Waals surface area contributed by atoms with E-state index in [0.717, 1.165) is 0 Å². The minimum absolute atomic E-state index is 0.0451. The van der Waals surface area contributed by atoms with Gasteiger partial charge < -0.3 is 34.5 Å². The molecule has 2 aliphatic rings. The molecular formula is C18H21N6O4-. The Bertz CT molecular complexity index is 800. The van der Waals surface area contributed by atoms with Gasteiger partial charge in [0.1, 0.15) is 0 Å². The summed E-state index contributed by atoms with van der Waals surface area (Å²) in [5.41, 5.74) is 0.415. The number of rotatable bonds is 5. The summed E-state index contributed by atoms with van der Waals surface area (Å²) in [4.78, 5) is 29.1. The second-order valence-corrected chi connectivity index (χ2v) is 6.42. The van der Waals surface area contributed by atoms with E-state index in [1.165, 1.54) is 6.07 Å². The third kappa shape index (κ3) is 4.12. The van der Waals surface area contributed by atoms with Crippen LogP contribution in [0.4, 0.5) is 23.5 Å². The van der Waals surface area contributed by atoms with Crippen LogP contribution in [0.25, 0.3) is 0 Å². The fourth-order valence-electron chi connectivity index (χ4n) is 3.11. The first kappa shape index (κ1) is 18.4. The molecule has 0 radical (unpaired) electrons. The van der Waals surface area contributed by atoms with Crippen molar-refractivity contribution in [3.05, 3.63) is 29.8 Å². The van der Waals surface area contributed by atoms with E-state index in [1.54, 1.807) is 18.2 Å². The van der Waals surface area contributed by atoms with Crippen LogP contribution in [0.3, 0.4) is 0 Å². The van der Waals surface area contributed by atoms with Gasteiger partial charge in [-0.3, -0.25) is 0 Å². The van der Waals surface area contributed by atoms with Crippen LogP contribution in [0.5, 0.6) is 0 Å². The summed E-state index contributed by atoms with van der Waals surface area (Å²) >= 11 is 0. The van der Waals surface area contributed by atoms with Gasteiger partial charge in [0.05, 0.1) is 32.4 Å². The molecule has 2 aliphatic heterocycles. The molecular weight excluding hydrogens is 364 g/mol. The first-order valence-electron chi connectivity index (χ1n) is 9.19. The van der Waals surface area contributed by atoms with Crippen LogP contribution in [-0.2, 0) is 9.47 Å². The van der Waals surface area contributed by atoms with Crippen molar-refractivity contribution in [3.63, 3.8) is 0 Å². The number of hydrogen-bond donors (Lipinski definition) is 1. The number of para-hydroxylation sites is 1. The fraction of sp³-hybridized carbons (Fsp3) is 0.444. The van der Waals surface area contributed by atoms with Gasteiger partial charge in [-0.15, -0.1) is 0 Å². The molecule has 1 aromatic heterocycles. The molecule has 0 bridgehead atoms. The van der Waals surface area contributed by atoms with Crippen molar-refractivity contribution in [1.82, 2.24) is 15.0 Å². The Morgan fingerprint density at radius 2 is 1.43 bits per heavy atom. The third-order valence-electron chi connectivity index (χ3n) is 4.59. The van der Waals surface area contributed by atoms with Crippen molar-refractivity contribution in [2.45, 2.75) is 0 Å². The normalized spacial score (nSPS) is 17.4. The molecule has 0 amide bonds. The monoisotopic (exact) mass is 385 g/mol. The van der Waals surface area contributed by atoms with Crippen molar-refractivity contribution in [2.24, 2.45) is 0 Å². The molecule has 0 unspecified atom stereocenters. The van der Waals surface area contributed by atoms with E-state index in [1.807, 2.05) is 9.80 Å². The number of anilines is 4. The number of carbonyl (C=O) groups excluding carboxylic acids is 1. The van der Waals surface area contributed by atoms with E-state index >= 15 is 0 Å². The van der Waals surface area contributed by atoms with Gasteiger partial charge in [-0.25, -0.2) is 0 Å². The molecule has 3 heterocycles. The van der Waals surface area contributed by atoms with E-state index in [-0.39, 0.29) is 11.5 Å². The maximum absolute atomic E-state index is 11.4. The molecule has 1 N–H and O–H groups in total. The number of carbonyl (C=O) groups is 1. The summed E-state index contributed by atoms with van der Waals surface area (Å²) in [7, 11) is 0. The highest BCUT2D eigenvalue weighted by Gasteiger charge is 2.21. The molecule has 0 spiro atoms. The zero-order valence-corrected chi connectivity index (χ0v) is 15.3. The molecule has 0 atom stereocenters. The second-order valence-electron chi connectivity index (χ2n) is 6.42. The number of aromatic nitrogens is 3.